The van der Waals surface area contributed by atoms with Crippen LogP contribution < -0.4 is 0 Å². The van der Waals surface area contributed by atoms with Crippen LogP contribution in [0, 0.1) is 0 Å². The number of hydrogen-bond acceptors (Lipinski definition) is 4. The summed E-state index contributed by atoms with van der Waals surface area (Å²) in [4.78, 5) is 23.2. The van der Waals surface area contributed by atoms with Crippen LogP contribution in [0.5, 0.6) is 0 Å². The summed E-state index contributed by atoms with van der Waals surface area (Å²) in [5.41, 5.74) is -0.458. The molecule has 1 amide bonds. The van der Waals surface area contributed by atoms with Gasteiger partial charge in [0.15, 0.2) is 0 Å². The SMILES string of the molecule is CC(C)(C)OC(=O)N1CC(OCCC=O)C1. The van der Waals surface area contributed by atoms with Crippen molar-refractivity contribution in [3.8, 4) is 0 Å². The van der Waals surface area contributed by atoms with E-state index >= 15 is 0 Å². The molecule has 0 atom stereocenters. The maximum Gasteiger partial charge on any atom is 0.410 e. The van der Waals surface area contributed by atoms with E-state index in [4.69, 9.17) is 9.47 Å². The van der Waals surface area contributed by atoms with Crippen molar-refractivity contribution in [2.24, 2.45) is 0 Å². The molecule has 1 aliphatic heterocycles. The molecule has 1 aliphatic rings. The number of amides is 1. The largest absolute Gasteiger partial charge is 0.444 e. The van der Waals surface area contributed by atoms with E-state index in [9.17, 15) is 9.59 Å². The van der Waals surface area contributed by atoms with Gasteiger partial charge in [0, 0.05) is 6.42 Å². The lowest BCUT2D eigenvalue weighted by molar-refractivity contribution is -0.110. The molecule has 0 aromatic rings. The first-order valence-corrected chi connectivity index (χ1v) is 5.45. The van der Waals surface area contributed by atoms with E-state index in [-0.39, 0.29) is 12.2 Å². The van der Waals surface area contributed by atoms with E-state index in [1.54, 1.807) is 4.90 Å². The number of hydrogen-bond donors (Lipinski definition) is 0. The molecule has 1 fully saturated rings. The lowest BCUT2D eigenvalue weighted by Crippen LogP contribution is -2.55. The molecule has 16 heavy (non-hydrogen) atoms. The Hall–Kier alpha value is -1.10. The second-order valence-corrected chi connectivity index (χ2v) is 4.83. The minimum absolute atomic E-state index is 0.0486. The highest BCUT2D eigenvalue weighted by molar-refractivity contribution is 5.69. The number of rotatable bonds is 4. The Labute approximate surface area is 95.7 Å². The maximum absolute atomic E-state index is 11.5. The van der Waals surface area contributed by atoms with Crippen molar-refractivity contribution < 1.29 is 19.1 Å². The predicted molar refractivity (Wildman–Crippen MR) is 58.2 cm³/mol. The minimum Gasteiger partial charge on any atom is -0.444 e. The molecule has 5 heteroatoms. The third-order valence-electron chi connectivity index (χ3n) is 2.09. The molecule has 0 aliphatic carbocycles. The summed E-state index contributed by atoms with van der Waals surface area (Å²) in [5, 5.41) is 0. The number of ether oxygens (including phenoxy) is 2. The van der Waals surface area contributed by atoms with E-state index < -0.39 is 5.60 Å². The quantitative estimate of drug-likeness (QED) is 0.537. The van der Waals surface area contributed by atoms with E-state index in [1.165, 1.54) is 0 Å². The van der Waals surface area contributed by atoms with Gasteiger partial charge in [-0.15, -0.1) is 0 Å². The molecule has 0 aromatic heterocycles. The van der Waals surface area contributed by atoms with Gasteiger partial charge in [-0.25, -0.2) is 4.79 Å². The zero-order valence-electron chi connectivity index (χ0n) is 10.1. The second-order valence-electron chi connectivity index (χ2n) is 4.83. The van der Waals surface area contributed by atoms with Crippen LogP contribution >= 0.6 is 0 Å². The van der Waals surface area contributed by atoms with Gasteiger partial charge >= 0.3 is 6.09 Å². The lowest BCUT2D eigenvalue weighted by atomic mass is 10.2. The summed E-state index contributed by atoms with van der Waals surface area (Å²) in [7, 11) is 0. The third kappa shape index (κ3) is 4.18. The van der Waals surface area contributed by atoms with E-state index in [0.29, 0.717) is 26.1 Å². The van der Waals surface area contributed by atoms with Crippen molar-refractivity contribution >= 4 is 12.4 Å². The molecule has 0 spiro atoms. The Morgan fingerprint density at radius 1 is 1.44 bits per heavy atom. The Bertz CT molecular complexity index is 253. The molecule has 0 saturated carbocycles. The van der Waals surface area contributed by atoms with Gasteiger partial charge in [0.05, 0.1) is 25.8 Å². The van der Waals surface area contributed by atoms with Crippen molar-refractivity contribution in [3.05, 3.63) is 0 Å². The minimum atomic E-state index is -0.458. The van der Waals surface area contributed by atoms with Crippen LogP contribution in [-0.4, -0.2) is 48.7 Å². The maximum atomic E-state index is 11.5. The van der Waals surface area contributed by atoms with Crippen molar-refractivity contribution in [2.45, 2.75) is 38.9 Å². The molecular weight excluding hydrogens is 210 g/mol. The summed E-state index contributed by atoms with van der Waals surface area (Å²) >= 11 is 0. The molecule has 0 N–H and O–H groups in total. The number of likely N-dealkylation sites (tertiary alicyclic amines) is 1. The molecule has 1 saturated heterocycles. The van der Waals surface area contributed by atoms with E-state index in [0.717, 1.165) is 6.29 Å². The smallest absolute Gasteiger partial charge is 0.410 e. The average molecular weight is 229 g/mol. The van der Waals surface area contributed by atoms with E-state index in [1.807, 2.05) is 20.8 Å². The molecular formula is C11H19NO4. The zero-order chi connectivity index (χ0) is 12.2. The second kappa shape index (κ2) is 5.30. The molecule has 0 radical (unpaired) electrons. The molecule has 5 nitrogen and oxygen atoms in total. The molecule has 0 unspecified atom stereocenters. The monoisotopic (exact) mass is 229 g/mol. The van der Waals surface area contributed by atoms with Gasteiger partial charge in [-0.1, -0.05) is 0 Å². The fraction of sp³-hybridized carbons (Fsp3) is 0.818. The van der Waals surface area contributed by atoms with Crippen LogP contribution in [-0.2, 0) is 14.3 Å². The number of carbonyl (C=O) groups excluding carboxylic acids is 2. The summed E-state index contributed by atoms with van der Waals surface area (Å²) in [6.07, 6.45) is 0.975. The predicted octanol–water partition coefficient (Wildman–Crippen LogP) is 1.21. The Balaban J connectivity index is 2.15. The normalized spacial score (nSPS) is 16.8. The van der Waals surface area contributed by atoms with Crippen LogP contribution in [0.4, 0.5) is 4.79 Å². The lowest BCUT2D eigenvalue weighted by Gasteiger charge is -2.39. The van der Waals surface area contributed by atoms with Crippen molar-refractivity contribution in [1.29, 1.82) is 0 Å². The topological polar surface area (TPSA) is 55.8 Å². The summed E-state index contributed by atoms with van der Waals surface area (Å²) < 4.78 is 10.5. The summed E-state index contributed by atoms with van der Waals surface area (Å²) in [6, 6.07) is 0. The first-order valence-electron chi connectivity index (χ1n) is 5.45. The molecule has 92 valence electrons. The summed E-state index contributed by atoms with van der Waals surface area (Å²) in [6.45, 7) is 7.03. The van der Waals surface area contributed by atoms with Gasteiger partial charge in [-0.3, -0.25) is 0 Å². The number of carbonyl (C=O) groups is 2. The first-order chi connectivity index (χ1) is 7.42. The van der Waals surface area contributed by atoms with Gasteiger partial charge in [-0.05, 0) is 20.8 Å². The van der Waals surface area contributed by atoms with Gasteiger partial charge in [0.1, 0.15) is 11.9 Å². The van der Waals surface area contributed by atoms with Crippen molar-refractivity contribution in [3.63, 3.8) is 0 Å². The molecule has 1 heterocycles. The van der Waals surface area contributed by atoms with Crippen LogP contribution in [0.25, 0.3) is 0 Å². The summed E-state index contributed by atoms with van der Waals surface area (Å²) in [5.74, 6) is 0. The third-order valence-corrected chi connectivity index (χ3v) is 2.09. The highest BCUT2D eigenvalue weighted by atomic mass is 16.6. The van der Waals surface area contributed by atoms with Crippen LogP contribution in [0.3, 0.4) is 0 Å². The van der Waals surface area contributed by atoms with Crippen LogP contribution in [0.15, 0.2) is 0 Å². The van der Waals surface area contributed by atoms with Gasteiger partial charge in [0.25, 0.3) is 0 Å². The molecule has 1 rings (SSSR count). The van der Waals surface area contributed by atoms with Gasteiger partial charge < -0.3 is 19.2 Å². The highest BCUT2D eigenvalue weighted by Gasteiger charge is 2.34. The van der Waals surface area contributed by atoms with Crippen molar-refractivity contribution in [1.82, 2.24) is 4.90 Å². The number of aldehydes is 1. The molecule has 0 aromatic carbocycles. The number of nitrogens with zero attached hydrogens (tertiary/aromatic N) is 1. The van der Waals surface area contributed by atoms with E-state index in [2.05, 4.69) is 0 Å². The standard InChI is InChI=1S/C11H19NO4/c1-11(2,3)16-10(14)12-7-9(8-12)15-6-4-5-13/h5,9H,4,6-8H2,1-3H3. The van der Waals surface area contributed by atoms with Crippen molar-refractivity contribution in [2.75, 3.05) is 19.7 Å². The highest BCUT2D eigenvalue weighted by Crippen LogP contribution is 2.16. The fourth-order valence-corrected chi connectivity index (χ4v) is 1.30. The first kappa shape index (κ1) is 13.0. The van der Waals surface area contributed by atoms with Gasteiger partial charge in [0.2, 0.25) is 0 Å². The Morgan fingerprint density at radius 3 is 2.56 bits per heavy atom. The molecule has 0 bridgehead atoms. The van der Waals surface area contributed by atoms with Crippen LogP contribution in [0.1, 0.15) is 27.2 Å². The average Bonchev–Trinajstić information content (AvgIpc) is 2.05. The Morgan fingerprint density at radius 2 is 2.06 bits per heavy atom. The fourth-order valence-electron chi connectivity index (χ4n) is 1.30. The Kier molecular flexibility index (Phi) is 4.29. The zero-order valence-corrected chi connectivity index (χ0v) is 10.1. The van der Waals surface area contributed by atoms with Crippen LogP contribution in [0.2, 0.25) is 0 Å². The van der Waals surface area contributed by atoms with Gasteiger partial charge in [-0.2, -0.15) is 0 Å².